The molecule has 0 unspecified atom stereocenters. The molecule has 1 aromatic carbocycles. The first kappa shape index (κ1) is 15.9. The second-order valence-corrected chi connectivity index (χ2v) is 5.70. The summed E-state index contributed by atoms with van der Waals surface area (Å²) in [6.45, 7) is 0. The van der Waals surface area contributed by atoms with E-state index in [2.05, 4.69) is 35.9 Å². The van der Waals surface area contributed by atoms with Gasteiger partial charge < -0.3 is 14.9 Å². The topological polar surface area (TPSA) is 110 Å². The Kier molecular flexibility index (Phi) is 4.17. The summed E-state index contributed by atoms with van der Waals surface area (Å²) in [5.74, 6) is -1.25. The predicted molar refractivity (Wildman–Crippen MR) is 88.7 cm³/mol. The number of hydrogen-bond acceptors (Lipinski definition) is 6. The van der Waals surface area contributed by atoms with Crippen molar-refractivity contribution in [2.75, 3.05) is 5.32 Å². The van der Waals surface area contributed by atoms with E-state index in [9.17, 15) is 14.7 Å². The van der Waals surface area contributed by atoms with E-state index in [4.69, 9.17) is 0 Å². The fourth-order valence-electron chi connectivity index (χ4n) is 2.09. The number of anilines is 1. The van der Waals surface area contributed by atoms with Gasteiger partial charge >= 0.3 is 0 Å². The van der Waals surface area contributed by atoms with Crippen molar-refractivity contribution in [3.63, 3.8) is 0 Å². The maximum atomic E-state index is 12.3. The number of amides is 1. The number of benzene rings is 1. The van der Waals surface area contributed by atoms with E-state index >= 15 is 0 Å². The molecular weight excluding hydrogens is 380 g/mol. The summed E-state index contributed by atoms with van der Waals surface area (Å²) in [6.07, 6.45) is 2.50. The fraction of sp³-hybridized carbons (Fsp3) is 0.0667. The third kappa shape index (κ3) is 2.81. The maximum absolute atomic E-state index is 12.3. The Morgan fingerprint density at radius 2 is 2.12 bits per heavy atom. The minimum atomic E-state index is -0.748. The third-order valence-electron chi connectivity index (χ3n) is 3.29. The molecule has 2 aromatic heterocycles. The Balaban J connectivity index is 2.13. The molecule has 8 nitrogen and oxygen atoms in total. The number of halogens is 1. The van der Waals surface area contributed by atoms with Gasteiger partial charge in [-0.25, -0.2) is 4.98 Å². The third-order valence-corrected chi connectivity index (χ3v) is 3.98. The SMILES string of the molecule is Cn1c(-c2ccccc2Br)nc(C(=O)Nc2cnoc2)c(O)c1=O. The highest BCUT2D eigenvalue weighted by molar-refractivity contribution is 9.10. The number of carbonyl (C=O) groups excluding carboxylic acids is 1. The average Bonchev–Trinajstić information content (AvgIpc) is 3.07. The molecular formula is C15H11BrN4O4. The molecule has 0 spiro atoms. The lowest BCUT2D eigenvalue weighted by Crippen LogP contribution is -2.25. The van der Waals surface area contributed by atoms with E-state index in [1.54, 1.807) is 18.2 Å². The van der Waals surface area contributed by atoms with Crippen molar-refractivity contribution in [3.05, 3.63) is 57.2 Å². The molecule has 0 bridgehead atoms. The number of aromatic hydroxyl groups is 1. The molecule has 0 atom stereocenters. The van der Waals surface area contributed by atoms with Crippen LogP contribution >= 0.6 is 15.9 Å². The Hall–Kier alpha value is -2.94. The van der Waals surface area contributed by atoms with E-state index in [1.807, 2.05) is 6.07 Å². The summed E-state index contributed by atoms with van der Waals surface area (Å²) in [6, 6.07) is 7.11. The van der Waals surface area contributed by atoms with Crippen LogP contribution in [0.15, 0.2) is 50.5 Å². The van der Waals surface area contributed by atoms with E-state index in [-0.39, 0.29) is 17.2 Å². The van der Waals surface area contributed by atoms with E-state index in [0.717, 1.165) is 0 Å². The second-order valence-electron chi connectivity index (χ2n) is 4.84. The van der Waals surface area contributed by atoms with Gasteiger partial charge in [0.1, 0.15) is 17.8 Å². The highest BCUT2D eigenvalue weighted by Crippen LogP contribution is 2.27. The molecule has 2 heterocycles. The molecule has 1 amide bonds. The van der Waals surface area contributed by atoms with Gasteiger partial charge in [0.2, 0.25) is 5.75 Å². The van der Waals surface area contributed by atoms with Crippen molar-refractivity contribution in [2.45, 2.75) is 0 Å². The summed E-state index contributed by atoms with van der Waals surface area (Å²) < 4.78 is 6.48. The predicted octanol–water partition coefficient (Wildman–Crippen LogP) is 2.16. The summed E-state index contributed by atoms with van der Waals surface area (Å²) in [7, 11) is 1.46. The molecule has 0 saturated heterocycles. The van der Waals surface area contributed by atoms with Crippen molar-refractivity contribution >= 4 is 27.5 Å². The lowest BCUT2D eigenvalue weighted by Gasteiger charge is -2.12. The smallest absolute Gasteiger partial charge is 0.296 e. The number of rotatable bonds is 3. The van der Waals surface area contributed by atoms with Gasteiger partial charge in [0, 0.05) is 17.1 Å². The Bertz CT molecular complexity index is 966. The first-order valence-corrected chi connectivity index (χ1v) is 7.54. The summed E-state index contributed by atoms with van der Waals surface area (Å²) in [4.78, 5) is 28.7. The van der Waals surface area contributed by atoms with Crippen molar-refractivity contribution in [3.8, 4) is 17.1 Å². The zero-order chi connectivity index (χ0) is 17.3. The van der Waals surface area contributed by atoms with Crippen LogP contribution in [-0.2, 0) is 7.05 Å². The zero-order valence-corrected chi connectivity index (χ0v) is 13.9. The van der Waals surface area contributed by atoms with Gasteiger partial charge in [-0.3, -0.25) is 14.2 Å². The van der Waals surface area contributed by atoms with Crippen molar-refractivity contribution in [1.82, 2.24) is 14.7 Å². The quantitative estimate of drug-likeness (QED) is 0.708. The molecule has 24 heavy (non-hydrogen) atoms. The van der Waals surface area contributed by atoms with Crippen LogP contribution in [0.3, 0.4) is 0 Å². The van der Waals surface area contributed by atoms with Gasteiger partial charge in [-0.15, -0.1) is 0 Å². The summed E-state index contributed by atoms with van der Waals surface area (Å²) in [5.41, 5.74) is -0.225. The van der Waals surface area contributed by atoms with Crippen LogP contribution in [0.2, 0.25) is 0 Å². The van der Waals surface area contributed by atoms with Crippen LogP contribution in [-0.4, -0.2) is 25.7 Å². The Labute approximate surface area is 143 Å². The highest BCUT2D eigenvalue weighted by Gasteiger charge is 2.22. The van der Waals surface area contributed by atoms with Gasteiger partial charge in [-0.1, -0.05) is 39.3 Å². The molecule has 0 fully saturated rings. The van der Waals surface area contributed by atoms with Crippen LogP contribution in [0.25, 0.3) is 11.4 Å². The molecule has 0 radical (unpaired) electrons. The molecule has 3 rings (SSSR count). The van der Waals surface area contributed by atoms with Crippen LogP contribution in [0.5, 0.6) is 5.75 Å². The van der Waals surface area contributed by atoms with E-state index in [0.29, 0.717) is 10.0 Å². The number of aromatic nitrogens is 3. The standard InChI is InChI=1S/C15H11BrN4O4/c1-20-13(9-4-2-3-5-10(9)16)19-11(12(21)15(20)23)14(22)18-8-6-17-24-7-8/h2-7,21H,1H3,(H,18,22). The minimum Gasteiger partial charge on any atom is -0.501 e. The van der Waals surface area contributed by atoms with E-state index in [1.165, 1.54) is 24.1 Å². The number of nitrogens with one attached hydrogen (secondary N) is 1. The summed E-state index contributed by atoms with van der Waals surface area (Å²) >= 11 is 3.38. The Morgan fingerprint density at radius 3 is 2.79 bits per heavy atom. The molecule has 122 valence electrons. The Morgan fingerprint density at radius 1 is 1.38 bits per heavy atom. The first-order chi connectivity index (χ1) is 11.5. The largest absolute Gasteiger partial charge is 0.501 e. The molecule has 0 aliphatic carbocycles. The van der Waals surface area contributed by atoms with Gasteiger partial charge in [0.15, 0.2) is 5.69 Å². The molecule has 3 aromatic rings. The maximum Gasteiger partial charge on any atom is 0.296 e. The monoisotopic (exact) mass is 390 g/mol. The molecule has 0 aliphatic heterocycles. The average molecular weight is 391 g/mol. The second kappa shape index (κ2) is 6.28. The normalized spacial score (nSPS) is 10.6. The molecule has 9 heteroatoms. The van der Waals surface area contributed by atoms with Crippen LogP contribution in [0, 0.1) is 0 Å². The lowest BCUT2D eigenvalue weighted by atomic mass is 10.2. The number of carbonyl (C=O) groups is 1. The zero-order valence-electron chi connectivity index (χ0n) is 12.4. The fourth-order valence-corrected chi connectivity index (χ4v) is 2.55. The number of nitrogens with zero attached hydrogens (tertiary/aromatic N) is 3. The molecule has 2 N–H and O–H groups in total. The van der Waals surface area contributed by atoms with Gasteiger partial charge in [-0.2, -0.15) is 0 Å². The van der Waals surface area contributed by atoms with Gasteiger partial charge in [-0.05, 0) is 6.07 Å². The van der Waals surface area contributed by atoms with Crippen molar-refractivity contribution in [1.29, 1.82) is 0 Å². The van der Waals surface area contributed by atoms with Crippen LogP contribution in [0.1, 0.15) is 10.5 Å². The minimum absolute atomic E-state index is 0.237. The summed E-state index contributed by atoms with van der Waals surface area (Å²) in [5, 5.41) is 15.9. The highest BCUT2D eigenvalue weighted by atomic mass is 79.9. The van der Waals surface area contributed by atoms with Crippen LogP contribution in [0.4, 0.5) is 5.69 Å². The lowest BCUT2D eigenvalue weighted by molar-refractivity contribution is 0.101. The van der Waals surface area contributed by atoms with Crippen LogP contribution < -0.4 is 10.9 Å². The number of hydrogen-bond donors (Lipinski definition) is 2. The van der Waals surface area contributed by atoms with E-state index < -0.39 is 17.2 Å². The molecule has 0 saturated carbocycles. The van der Waals surface area contributed by atoms with Crippen molar-refractivity contribution in [2.24, 2.45) is 7.05 Å². The van der Waals surface area contributed by atoms with Gasteiger partial charge in [0.25, 0.3) is 11.5 Å². The van der Waals surface area contributed by atoms with Gasteiger partial charge in [0.05, 0.1) is 6.20 Å². The molecule has 0 aliphatic rings. The first-order valence-electron chi connectivity index (χ1n) is 6.74. The van der Waals surface area contributed by atoms with Crippen molar-refractivity contribution < 1.29 is 14.4 Å².